The molecule has 0 bridgehead atoms. The number of hydrogen-bond donors (Lipinski definition) is 3. The molecule has 0 saturated carbocycles. The fourth-order valence-electron chi connectivity index (χ4n) is 1.69. The third-order valence-electron chi connectivity index (χ3n) is 2.65. The second-order valence-corrected chi connectivity index (χ2v) is 4.48. The van der Waals surface area contributed by atoms with Gasteiger partial charge in [-0.1, -0.05) is 6.07 Å². The van der Waals surface area contributed by atoms with E-state index >= 15 is 0 Å². The van der Waals surface area contributed by atoms with Crippen LogP contribution >= 0.6 is 0 Å². The summed E-state index contributed by atoms with van der Waals surface area (Å²) in [5, 5.41) is 22.6. The zero-order chi connectivity index (χ0) is 15.0. The van der Waals surface area contributed by atoms with Crippen LogP contribution in [0.2, 0.25) is 0 Å². The number of carboxylic acid groups (broad SMARTS) is 1. The number of hydrogen-bond acceptors (Lipinski definition) is 3. The Bertz CT molecular complexity index is 523. The smallest absolute Gasteiger partial charge is 0.319 e. The van der Waals surface area contributed by atoms with Gasteiger partial charge in [0.15, 0.2) is 0 Å². The molecule has 3 N–H and O–H groups in total. The topological polar surface area (TPSA) is 102 Å². The summed E-state index contributed by atoms with van der Waals surface area (Å²) in [6.45, 7) is 1.81. The molecule has 0 aromatic heterocycles. The fourth-order valence-corrected chi connectivity index (χ4v) is 1.69. The Hall–Kier alpha value is -2.55. The van der Waals surface area contributed by atoms with E-state index in [-0.39, 0.29) is 18.5 Å². The fraction of sp³-hybridized carbons (Fsp3) is 0.357. The predicted molar refractivity (Wildman–Crippen MR) is 74.3 cm³/mol. The van der Waals surface area contributed by atoms with Crippen molar-refractivity contribution in [3.05, 3.63) is 29.8 Å². The Labute approximate surface area is 117 Å². The van der Waals surface area contributed by atoms with Gasteiger partial charge in [-0.15, -0.1) is 0 Å². The van der Waals surface area contributed by atoms with E-state index in [9.17, 15) is 9.59 Å². The van der Waals surface area contributed by atoms with Crippen LogP contribution in [0.3, 0.4) is 0 Å². The van der Waals surface area contributed by atoms with Gasteiger partial charge in [0.2, 0.25) is 0 Å². The molecule has 106 valence electrons. The number of carbonyl (C=O) groups is 2. The van der Waals surface area contributed by atoms with E-state index in [0.29, 0.717) is 24.1 Å². The molecule has 1 unspecified atom stereocenters. The minimum absolute atomic E-state index is 0.0951. The maximum absolute atomic E-state index is 11.7. The lowest BCUT2D eigenvalue weighted by Gasteiger charge is -2.14. The Morgan fingerprint density at radius 2 is 2.20 bits per heavy atom. The van der Waals surface area contributed by atoms with Gasteiger partial charge in [-0.3, -0.25) is 4.79 Å². The maximum atomic E-state index is 11.7. The summed E-state index contributed by atoms with van der Waals surface area (Å²) in [5.74, 6) is -0.838. The number of rotatable bonds is 6. The van der Waals surface area contributed by atoms with Gasteiger partial charge >= 0.3 is 12.0 Å². The largest absolute Gasteiger partial charge is 0.481 e. The normalized spacial score (nSPS) is 11.2. The number of benzene rings is 1. The number of nitriles is 1. The first-order valence-corrected chi connectivity index (χ1v) is 6.30. The molecule has 0 aliphatic carbocycles. The molecule has 0 fully saturated rings. The van der Waals surface area contributed by atoms with Crippen LogP contribution in [0.4, 0.5) is 10.5 Å². The molecular formula is C14H17N3O3. The van der Waals surface area contributed by atoms with Crippen LogP contribution in [0.15, 0.2) is 24.3 Å². The maximum Gasteiger partial charge on any atom is 0.319 e. The van der Waals surface area contributed by atoms with Gasteiger partial charge < -0.3 is 15.7 Å². The number of nitrogens with zero attached hydrogens (tertiary/aromatic N) is 1. The van der Waals surface area contributed by atoms with Gasteiger partial charge in [0.25, 0.3) is 0 Å². The molecule has 0 heterocycles. The zero-order valence-corrected chi connectivity index (χ0v) is 11.2. The second-order valence-electron chi connectivity index (χ2n) is 4.48. The molecule has 0 aliphatic rings. The molecule has 1 aromatic rings. The molecule has 1 rings (SSSR count). The third-order valence-corrected chi connectivity index (χ3v) is 2.65. The number of nitrogens with one attached hydrogen (secondary N) is 2. The first kappa shape index (κ1) is 15.5. The van der Waals surface area contributed by atoms with Gasteiger partial charge in [-0.05, 0) is 38.0 Å². The zero-order valence-electron chi connectivity index (χ0n) is 11.2. The number of anilines is 1. The van der Waals surface area contributed by atoms with Gasteiger partial charge in [0.05, 0.1) is 11.6 Å². The first-order chi connectivity index (χ1) is 9.51. The lowest BCUT2D eigenvalue weighted by molar-refractivity contribution is -0.137. The second kappa shape index (κ2) is 7.79. The Morgan fingerprint density at radius 3 is 2.85 bits per heavy atom. The monoisotopic (exact) mass is 275 g/mol. The van der Waals surface area contributed by atoms with Crippen molar-refractivity contribution in [1.29, 1.82) is 5.26 Å². The molecule has 20 heavy (non-hydrogen) atoms. The van der Waals surface area contributed by atoms with E-state index in [2.05, 4.69) is 10.6 Å². The molecule has 0 radical (unpaired) electrons. The number of carbonyl (C=O) groups excluding carboxylic acids is 1. The average molecular weight is 275 g/mol. The van der Waals surface area contributed by atoms with Crippen molar-refractivity contribution in [2.75, 3.05) is 5.32 Å². The van der Waals surface area contributed by atoms with Crippen molar-refractivity contribution < 1.29 is 14.7 Å². The van der Waals surface area contributed by atoms with Crippen LogP contribution in [-0.4, -0.2) is 23.1 Å². The van der Waals surface area contributed by atoms with Crippen molar-refractivity contribution in [3.8, 4) is 6.07 Å². The van der Waals surface area contributed by atoms with Crippen LogP contribution in [-0.2, 0) is 4.79 Å². The highest BCUT2D eigenvalue weighted by Gasteiger charge is 2.08. The highest BCUT2D eigenvalue weighted by molar-refractivity contribution is 5.89. The van der Waals surface area contributed by atoms with Crippen molar-refractivity contribution in [1.82, 2.24) is 5.32 Å². The van der Waals surface area contributed by atoms with E-state index in [1.54, 1.807) is 24.3 Å². The summed E-state index contributed by atoms with van der Waals surface area (Å²) in [7, 11) is 0. The Kier molecular flexibility index (Phi) is 6.04. The molecule has 0 saturated heterocycles. The molecule has 6 heteroatoms. The minimum Gasteiger partial charge on any atom is -0.481 e. The van der Waals surface area contributed by atoms with Crippen LogP contribution in [0.1, 0.15) is 31.7 Å². The van der Waals surface area contributed by atoms with Crippen molar-refractivity contribution in [2.45, 2.75) is 32.2 Å². The summed E-state index contributed by atoms with van der Waals surface area (Å²) >= 11 is 0. The number of urea groups is 1. The summed E-state index contributed by atoms with van der Waals surface area (Å²) in [6.07, 6.45) is 1.20. The molecular weight excluding hydrogens is 258 g/mol. The van der Waals surface area contributed by atoms with Crippen LogP contribution < -0.4 is 10.6 Å². The summed E-state index contributed by atoms with van der Waals surface area (Å²) in [5.41, 5.74) is 1.01. The molecule has 1 aromatic carbocycles. The Morgan fingerprint density at radius 1 is 1.45 bits per heavy atom. The molecule has 6 nitrogen and oxygen atoms in total. The predicted octanol–water partition coefficient (Wildman–Crippen LogP) is 2.32. The lowest BCUT2D eigenvalue weighted by atomic mass is 10.1. The first-order valence-electron chi connectivity index (χ1n) is 6.30. The van der Waals surface area contributed by atoms with Crippen LogP contribution in [0.5, 0.6) is 0 Å². The van der Waals surface area contributed by atoms with Gasteiger partial charge in [-0.25, -0.2) is 4.79 Å². The van der Waals surface area contributed by atoms with Gasteiger partial charge in [0.1, 0.15) is 0 Å². The summed E-state index contributed by atoms with van der Waals surface area (Å²) < 4.78 is 0. The van der Waals surface area contributed by atoms with E-state index in [4.69, 9.17) is 10.4 Å². The Balaban J connectivity index is 2.39. The van der Waals surface area contributed by atoms with Gasteiger partial charge in [-0.2, -0.15) is 5.26 Å². The lowest BCUT2D eigenvalue weighted by Crippen LogP contribution is -2.36. The highest BCUT2D eigenvalue weighted by atomic mass is 16.4. The molecule has 2 amide bonds. The summed E-state index contributed by atoms with van der Waals surface area (Å²) in [4.78, 5) is 22.1. The van der Waals surface area contributed by atoms with Gasteiger partial charge in [0, 0.05) is 18.2 Å². The van der Waals surface area contributed by atoms with E-state index in [1.165, 1.54) is 0 Å². The SMILES string of the molecule is CC(CCCC(=O)O)NC(=O)Nc1cccc(C#N)c1. The third kappa shape index (κ3) is 5.87. The van der Waals surface area contributed by atoms with E-state index in [1.807, 2.05) is 13.0 Å². The van der Waals surface area contributed by atoms with E-state index < -0.39 is 5.97 Å². The number of aliphatic carboxylic acids is 1. The molecule has 0 spiro atoms. The van der Waals surface area contributed by atoms with Crippen molar-refractivity contribution in [2.24, 2.45) is 0 Å². The molecule has 1 atom stereocenters. The number of amides is 2. The van der Waals surface area contributed by atoms with Crippen molar-refractivity contribution in [3.63, 3.8) is 0 Å². The average Bonchev–Trinajstić information content (AvgIpc) is 2.38. The van der Waals surface area contributed by atoms with Crippen molar-refractivity contribution >= 4 is 17.7 Å². The minimum atomic E-state index is -0.838. The standard InChI is InChI=1S/C14H17N3O3/c1-10(4-2-7-13(18)19)16-14(20)17-12-6-3-5-11(8-12)9-15/h3,5-6,8,10H,2,4,7H2,1H3,(H,18,19)(H2,16,17,20). The quantitative estimate of drug-likeness (QED) is 0.741. The van der Waals surface area contributed by atoms with Crippen LogP contribution in [0, 0.1) is 11.3 Å². The van der Waals surface area contributed by atoms with Crippen LogP contribution in [0.25, 0.3) is 0 Å². The highest BCUT2D eigenvalue weighted by Crippen LogP contribution is 2.09. The summed E-state index contributed by atoms with van der Waals surface area (Å²) in [6, 6.07) is 8.11. The molecule has 0 aliphatic heterocycles. The van der Waals surface area contributed by atoms with E-state index in [0.717, 1.165) is 0 Å². The number of carboxylic acids is 1.